The molecular weight excluding hydrogens is 438 g/mol. The summed E-state index contributed by atoms with van der Waals surface area (Å²) in [5, 5.41) is 5.36. The number of nitrogens with zero attached hydrogens (tertiary/aromatic N) is 4. The van der Waals surface area contributed by atoms with Gasteiger partial charge in [0.2, 0.25) is 5.89 Å². The van der Waals surface area contributed by atoms with Crippen LogP contribution in [0.5, 0.6) is 0 Å². The lowest BCUT2D eigenvalue weighted by Gasteiger charge is -2.34. The van der Waals surface area contributed by atoms with Crippen molar-refractivity contribution in [3.63, 3.8) is 0 Å². The van der Waals surface area contributed by atoms with Gasteiger partial charge in [0.15, 0.2) is 15.7 Å². The summed E-state index contributed by atoms with van der Waals surface area (Å²) in [7, 11) is -3.15. The molecule has 4 aromatic rings. The van der Waals surface area contributed by atoms with Crippen LogP contribution in [0.15, 0.2) is 64.1 Å². The second kappa shape index (κ2) is 9.09. The molecule has 1 N–H and O–H groups in total. The van der Waals surface area contributed by atoms with Gasteiger partial charge in [-0.3, -0.25) is 9.80 Å². The highest BCUT2D eigenvalue weighted by atomic mass is 32.2. The Balaban J connectivity index is 1.12. The van der Waals surface area contributed by atoms with Crippen molar-refractivity contribution in [1.29, 1.82) is 0 Å². The lowest BCUT2D eigenvalue weighted by Crippen LogP contribution is -2.45. The van der Waals surface area contributed by atoms with Crippen LogP contribution in [0, 0.1) is 0 Å². The average Bonchev–Trinajstić information content (AvgIpc) is 3.42. The lowest BCUT2D eigenvalue weighted by molar-refractivity contribution is 0.119. The van der Waals surface area contributed by atoms with Gasteiger partial charge >= 0.3 is 0 Å². The number of rotatable bonds is 7. The molecule has 0 atom stereocenters. The Morgan fingerprint density at radius 1 is 0.970 bits per heavy atom. The minimum Gasteiger partial charge on any atom is -0.361 e. The normalized spacial score (nSPS) is 15.9. The van der Waals surface area contributed by atoms with Crippen molar-refractivity contribution in [2.24, 2.45) is 0 Å². The molecule has 0 radical (unpaired) electrons. The molecule has 1 aliphatic rings. The number of fused-ring (bicyclic) bond motifs is 1. The van der Waals surface area contributed by atoms with Crippen LogP contribution in [0.2, 0.25) is 0 Å². The molecule has 2 aromatic heterocycles. The Hall–Kier alpha value is -3.01. The number of hydrogen-bond donors (Lipinski definition) is 1. The average molecular weight is 466 g/mol. The molecule has 3 heterocycles. The number of H-pyrrole nitrogens is 1. The number of sulfone groups is 1. The highest BCUT2D eigenvalue weighted by Gasteiger charge is 2.20. The minimum atomic E-state index is -3.15. The molecule has 33 heavy (non-hydrogen) atoms. The van der Waals surface area contributed by atoms with Gasteiger partial charge in [-0.1, -0.05) is 35.5 Å². The molecule has 0 saturated carbocycles. The summed E-state index contributed by atoms with van der Waals surface area (Å²) < 4.78 is 28.7. The molecule has 1 saturated heterocycles. The number of benzene rings is 2. The van der Waals surface area contributed by atoms with Crippen molar-refractivity contribution < 1.29 is 12.9 Å². The van der Waals surface area contributed by atoms with Gasteiger partial charge in [0.1, 0.15) is 0 Å². The summed E-state index contributed by atoms with van der Waals surface area (Å²) in [6.45, 7) is 5.21. The predicted molar refractivity (Wildman–Crippen MR) is 126 cm³/mol. The standard InChI is InChI=1S/C24H27N5O3S/c1-33(30,31)20-8-6-18(7-9-20)16-28-10-12-29(13-11-28)17-23-26-24(32-27-23)14-19-15-25-22-5-3-2-4-21(19)22/h2-9,15,25H,10-14,16-17H2,1H3. The van der Waals surface area contributed by atoms with Crippen LogP contribution in [0.4, 0.5) is 0 Å². The van der Waals surface area contributed by atoms with Crippen molar-refractivity contribution in [1.82, 2.24) is 24.9 Å². The number of piperazine rings is 1. The predicted octanol–water partition coefficient (Wildman–Crippen LogP) is 2.86. The third-order valence-corrected chi connectivity index (χ3v) is 7.24. The third kappa shape index (κ3) is 5.16. The van der Waals surface area contributed by atoms with E-state index >= 15 is 0 Å². The molecule has 8 nitrogen and oxygen atoms in total. The maximum Gasteiger partial charge on any atom is 0.231 e. The molecule has 172 valence electrons. The minimum absolute atomic E-state index is 0.361. The van der Waals surface area contributed by atoms with Crippen molar-refractivity contribution in [3.8, 4) is 0 Å². The van der Waals surface area contributed by atoms with Gasteiger partial charge in [-0.25, -0.2) is 8.42 Å². The van der Waals surface area contributed by atoms with E-state index in [1.807, 2.05) is 30.5 Å². The number of hydrogen-bond acceptors (Lipinski definition) is 7. The van der Waals surface area contributed by atoms with Gasteiger partial charge in [-0.05, 0) is 29.3 Å². The molecule has 9 heteroatoms. The molecule has 0 bridgehead atoms. The summed E-state index contributed by atoms with van der Waals surface area (Å²) >= 11 is 0. The van der Waals surface area contributed by atoms with Crippen molar-refractivity contribution >= 4 is 20.7 Å². The van der Waals surface area contributed by atoms with Crippen LogP contribution < -0.4 is 0 Å². The Bertz CT molecular complexity index is 1340. The molecule has 0 spiro atoms. The molecule has 1 aliphatic heterocycles. The van der Waals surface area contributed by atoms with Gasteiger partial charge in [-0.2, -0.15) is 4.98 Å². The first kappa shape index (κ1) is 21.8. The second-order valence-corrected chi connectivity index (χ2v) is 10.6. The van der Waals surface area contributed by atoms with Crippen LogP contribution in [0.3, 0.4) is 0 Å². The highest BCUT2D eigenvalue weighted by Crippen LogP contribution is 2.20. The zero-order valence-electron chi connectivity index (χ0n) is 18.6. The number of nitrogens with one attached hydrogen (secondary N) is 1. The molecule has 2 aromatic carbocycles. The van der Waals surface area contributed by atoms with E-state index in [1.54, 1.807) is 12.1 Å². The first-order valence-corrected chi connectivity index (χ1v) is 12.9. The van der Waals surface area contributed by atoms with E-state index in [2.05, 4.69) is 37.1 Å². The van der Waals surface area contributed by atoms with E-state index in [0.29, 0.717) is 23.8 Å². The second-order valence-electron chi connectivity index (χ2n) is 8.61. The van der Waals surface area contributed by atoms with Gasteiger partial charge in [0.05, 0.1) is 17.9 Å². The fraction of sp³-hybridized carbons (Fsp3) is 0.333. The Labute approximate surface area is 193 Å². The summed E-state index contributed by atoms with van der Waals surface area (Å²) in [5.74, 6) is 1.35. The fourth-order valence-electron chi connectivity index (χ4n) is 4.27. The van der Waals surface area contributed by atoms with E-state index < -0.39 is 9.84 Å². The topological polar surface area (TPSA) is 95.3 Å². The third-order valence-electron chi connectivity index (χ3n) is 6.11. The van der Waals surface area contributed by atoms with Crippen LogP contribution in [0.25, 0.3) is 10.9 Å². The van der Waals surface area contributed by atoms with Crippen LogP contribution in [-0.2, 0) is 29.3 Å². The zero-order valence-corrected chi connectivity index (χ0v) is 19.4. The van der Waals surface area contributed by atoms with Crippen LogP contribution >= 0.6 is 0 Å². The SMILES string of the molecule is CS(=O)(=O)c1ccc(CN2CCN(Cc3noc(Cc4c[nH]c5ccccc45)n3)CC2)cc1. The van der Waals surface area contributed by atoms with Crippen LogP contribution in [-0.4, -0.2) is 65.8 Å². The molecule has 5 rings (SSSR count). The van der Waals surface area contributed by atoms with Gasteiger partial charge in [0.25, 0.3) is 0 Å². The summed E-state index contributed by atoms with van der Waals surface area (Å²) in [5.41, 5.74) is 3.38. The molecule has 0 amide bonds. The smallest absolute Gasteiger partial charge is 0.231 e. The summed E-state index contributed by atoms with van der Waals surface area (Å²) in [4.78, 5) is 13.0. The van der Waals surface area contributed by atoms with E-state index in [1.165, 1.54) is 11.6 Å². The van der Waals surface area contributed by atoms with E-state index in [0.717, 1.165) is 55.2 Å². The Kier molecular flexibility index (Phi) is 6.01. The van der Waals surface area contributed by atoms with Crippen molar-refractivity contribution in [2.45, 2.75) is 24.4 Å². The quantitative estimate of drug-likeness (QED) is 0.448. The first-order valence-electron chi connectivity index (χ1n) is 11.0. The van der Waals surface area contributed by atoms with Crippen LogP contribution in [0.1, 0.15) is 22.8 Å². The number of aromatic amines is 1. The number of aromatic nitrogens is 3. The van der Waals surface area contributed by atoms with E-state index in [9.17, 15) is 8.42 Å². The monoisotopic (exact) mass is 465 g/mol. The van der Waals surface area contributed by atoms with Gasteiger partial charge < -0.3 is 9.51 Å². The maximum absolute atomic E-state index is 11.6. The Morgan fingerprint density at radius 2 is 1.67 bits per heavy atom. The van der Waals surface area contributed by atoms with Gasteiger partial charge in [-0.15, -0.1) is 0 Å². The molecular formula is C24H27N5O3S. The first-order chi connectivity index (χ1) is 15.9. The van der Waals surface area contributed by atoms with Crippen molar-refractivity contribution in [2.75, 3.05) is 32.4 Å². The molecule has 0 unspecified atom stereocenters. The number of para-hydroxylation sites is 1. The van der Waals surface area contributed by atoms with Crippen molar-refractivity contribution in [3.05, 3.63) is 77.6 Å². The highest BCUT2D eigenvalue weighted by molar-refractivity contribution is 7.90. The molecule has 1 fully saturated rings. The van der Waals surface area contributed by atoms with Gasteiger partial charge in [0, 0.05) is 56.1 Å². The summed E-state index contributed by atoms with van der Waals surface area (Å²) in [6, 6.07) is 15.4. The zero-order chi connectivity index (χ0) is 22.8. The Morgan fingerprint density at radius 3 is 2.39 bits per heavy atom. The summed E-state index contributed by atoms with van der Waals surface area (Å²) in [6.07, 6.45) is 3.85. The fourth-order valence-corrected chi connectivity index (χ4v) is 4.90. The van der Waals surface area contributed by atoms with E-state index in [4.69, 9.17) is 4.52 Å². The maximum atomic E-state index is 11.6. The molecule has 0 aliphatic carbocycles. The van der Waals surface area contributed by atoms with E-state index in [-0.39, 0.29) is 0 Å². The largest absolute Gasteiger partial charge is 0.361 e. The lowest BCUT2D eigenvalue weighted by atomic mass is 10.1.